The molecule has 4 aliphatic heterocycles. The number of ether oxygens (including phenoxy) is 1. The third-order valence-corrected chi connectivity index (χ3v) is 9.85. The molecule has 3 amide bonds. The molecular formula is C23H38N4O5S. The molecule has 4 saturated heterocycles. The normalized spacial score (nSPS) is 36.7. The molecule has 9 nitrogen and oxygen atoms in total. The lowest BCUT2D eigenvalue weighted by atomic mass is 9.66. The van der Waals surface area contributed by atoms with Crippen LogP contribution in [0.1, 0.15) is 40.0 Å². The van der Waals surface area contributed by atoms with Crippen LogP contribution in [0.4, 0.5) is 0 Å². The van der Waals surface area contributed by atoms with Crippen LogP contribution < -0.4 is 10.6 Å². The van der Waals surface area contributed by atoms with Gasteiger partial charge in [-0.3, -0.25) is 19.3 Å². The monoisotopic (exact) mass is 482 g/mol. The summed E-state index contributed by atoms with van der Waals surface area (Å²) in [5.74, 6) is -1.43. The van der Waals surface area contributed by atoms with Gasteiger partial charge in [0.25, 0.3) is 0 Å². The van der Waals surface area contributed by atoms with Crippen molar-refractivity contribution in [1.82, 2.24) is 20.4 Å². The Labute approximate surface area is 200 Å². The number of likely N-dealkylation sites (tertiary alicyclic amines) is 1. The van der Waals surface area contributed by atoms with Crippen LogP contribution in [0.5, 0.6) is 0 Å². The first-order chi connectivity index (χ1) is 15.8. The summed E-state index contributed by atoms with van der Waals surface area (Å²) < 4.78 is 4.39. The fourth-order valence-corrected chi connectivity index (χ4v) is 8.59. The van der Waals surface area contributed by atoms with Crippen molar-refractivity contribution in [1.29, 1.82) is 0 Å². The predicted octanol–water partition coefficient (Wildman–Crippen LogP) is -0.177. The van der Waals surface area contributed by atoms with Gasteiger partial charge >= 0.3 is 0 Å². The highest BCUT2D eigenvalue weighted by molar-refractivity contribution is 8.02. The largest absolute Gasteiger partial charge is 0.394 e. The van der Waals surface area contributed by atoms with Crippen molar-refractivity contribution in [2.24, 2.45) is 11.8 Å². The Kier molecular flexibility index (Phi) is 7.29. The molecule has 0 aromatic rings. The molecule has 0 radical (unpaired) electrons. The van der Waals surface area contributed by atoms with E-state index in [2.05, 4.69) is 22.5 Å². The topological polar surface area (TPSA) is 111 Å². The van der Waals surface area contributed by atoms with Crippen LogP contribution in [-0.2, 0) is 19.1 Å². The highest BCUT2D eigenvalue weighted by Gasteiger charge is 2.77. The molecule has 4 heterocycles. The Morgan fingerprint density at radius 2 is 1.91 bits per heavy atom. The molecule has 0 aromatic heterocycles. The second-order valence-corrected chi connectivity index (χ2v) is 11.9. The molecule has 4 rings (SSSR count). The van der Waals surface area contributed by atoms with Gasteiger partial charge in [0, 0.05) is 37.5 Å². The summed E-state index contributed by atoms with van der Waals surface area (Å²) in [6.07, 6.45) is 2.34. The number of aliphatic hydroxyl groups excluding tert-OH is 1. The number of nitrogens with one attached hydrogen (secondary N) is 2. The molecule has 4 fully saturated rings. The molecule has 0 aromatic carbocycles. The standard InChI is InChI=1S/C23H38N4O5S/c1-4-7-24-19(29)16-17-21(31)27(15(2)14-28)18(23(17)6-5-22(16,3)33-23)20(30)25-8-9-26-10-12-32-13-11-26/h15-18,28H,4-14H2,1-3H3,(H,24,29)(H,25,30)/t15-,16+,17+,18?,22-,23?/m1/s1. The number of carbonyl (C=O) groups is 3. The van der Waals surface area contributed by atoms with Crippen molar-refractivity contribution >= 4 is 29.5 Å². The number of hydrogen-bond donors (Lipinski definition) is 3. The Hall–Kier alpha value is -1.36. The third-order valence-electron chi connectivity index (χ3n) is 7.86. The van der Waals surface area contributed by atoms with Gasteiger partial charge < -0.3 is 25.4 Å². The fraction of sp³-hybridized carbons (Fsp3) is 0.870. The third kappa shape index (κ3) is 4.17. The molecule has 1 spiro atoms. The van der Waals surface area contributed by atoms with Gasteiger partial charge in [0.1, 0.15) is 6.04 Å². The average molecular weight is 483 g/mol. The van der Waals surface area contributed by atoms with Gasteiger partial charge in [-0.1, -0.05) is 6.92 Å². The van der Waals surface area contributed by atoms with Gasteiger partial charge in [-0.05, 0) is 33.1 Å². The number of fused-ring (bicyclic) bond motifs is 1. The fourth-order valence-electron chi connectivity index (χ4n) is 6.24. The number of morpholine rings is 1. The van der Waals surface area contributed by atoms with Gasteiger partial charge in [-0.2, -0.15) is 0 Å². The predicted molar refractivity (Wildman–Crippen MR) is 126 cm³/mol. The maximum atomic E-state index is 13.8. The number of carbonyl (C=O) groups excluding carboxylic acids is 3. The maximum absolute atomic E-state index is 13.8. The number of thioether (sulfide) groups is 1. The summed E-state index contributed by atoms with van der Waals surface area (Å²) in [4.78, 5) is 44.4. The van der Waals surface area contributed by atoms with E-state index in [1.807, 2.05) is 6.92 Å². The van der Waals surface area contributed by atoms with Gasteiger partial charge in [-0.25, -0.2) is 0 Å². The van der Waals surface area contributed by atoms with Crippen LogP contribution in [0.3, 0.4) is 0 Å². The molecule has 0 aliphatic carbocycles. The molecule has 2 unspecified atom stereocenters. The molecule has 6 atom stereocenters. The minimum absolute atomic E-state index is 0.0863. The Morgan fingerprint density at radius 1 is 1.21 bits per heavy atom. The zero-order valence-electron chi connectivity index (χ0n) is 20.0. The van der Waals surface area contributed by atoms with Gasteiger partial charge in [0.15, 0.2) is 0 Å². The lowest BCUT2D eigenvalue weighted by Crippen LogP contribution is -2.56. The quantitative estimate of drug-likeness (QED) is 0.418. The first-order valence-electron chi connectivity index (χ1n) is 12.3. The number of hydrogen-bond acceptors (Lipinski definition) is 7. The number of aliphatic hydroxyl groups is 1. The number of amides is 3. The van der Waals surface area contributed by atoms with Crippen molar-refractivity contribution < 1.29 is 24.2 Å². The number of nitrogens with zero attached hydrogens (tertiary/aromatic N) is 2. The first-order valence-corrected chi connectivity index (χ1v) is 13.1. The molecule has 0 saturated carbocycles. The second-order valence-electron chi connectivity index (χ2n) is 10.0. The van der Waals surface area contributed by atoms with Crippen LogP contribution in [0.2, 0.25) is 0 Å². The summed E-state index contributed by atoms with van der Waals surface area (Å²) in [6, 6.07) is -1.17. The molecule has 10 heteroatoms. The molecule has 2 bridgehead atoms. The second kappa shape index (κ2) is 9.71. The highest BCUT2D eigenvalue weighted by atomic mass is 32.2. The van der Waals surface area contributed by atoms with E-state index < -0.39 is 28.7 Å². The van der Waals surface area contributed by atoms with Crippen molar-refractivity contribution in [3.8, 4) is 0 Å². The number of rotatable bonds is 9. The van der Waals surface area contributed by atoms with Gasteiger partial charge in [-0.15, -0.1) is 11.8 Å². The Balaban J connectivity index is 1.57. The van der Waals surface area contributed by atoms with E-state index in [0.29, 0.717) is 26.3 Å². The van der Waals surface area contributed by atoms with E-state index >= 15 is 0 Å². The van der Waals surface area contributed by atoms with E-state index in [9.17, 15) is 19.5 Å². The van der Waals surface area contributed by atoms with Crippen LogP contribution in [0.25, 0.3) is 0 Å². The van der Waals surface area contributed by atoms with Crippen LogP contribution in [0, 0.1) is 11.8 Å². The summed E-state index contributed by atoms with van der Waals surface area (Å²) in [5.41, 5.74) is 0. The summed E-state index contributed by atoms with van der Waals surface area (Å²) in [5, 5.41) is 16.0. The smallest absolute Gasteiger partial charge is 0.244 e. The van der Waals surface area contributed by atoms with Gasteiger partial charge in [0.2, 0.25) is 17.7 Å². The zero-order valence-corrected chi connectivity index (χ0v) is 20.8. The van der Waals surface area contributed by atoms with Gasteiger partial charge in [0.05, 0.1) is 42.4 Å². The lowest BCUT2D eigenvalue weighted by molar-refractivity contribution is -0.143. The molecule has 186 valence electrons. The molecular weight excluding hydrogens is 444 g/mol. The van der Waals surface area contributed by atoms with Crippen LogP contribution in [-0.4, -0.2) is 107 Å². The Morgan fingerprint density at radius 3 is 2.58 bits per heavy atom. The summed E-state index contributed by atoms with van der Waals surface area (Å²) >= 11 is 1.66. The minimum atomic E-state index is -0.683. The van der Waals surface area contributed by atoms with Crippen LogP contribution >= 0.6 is 11.8 Å². The van der Waals surface area contributed by atoms with Crippen molar-refractivity contribution in [2.45, 2.75) is 61.6 Å². The van der Waals surface area contributed by atoms with E-state index in [0.717, 1.165) is 38.9 Å². The van der Waals surface area contributed by atoms with E-state index in [4.69, 9.17) is 4.74 Å². The average Bonchev–Trinajstić information content (AvgIpc) is 3.38. The van der Waals surface area contributed by atoms with E-state index in [1.54, 1.807) is 23.6 Å². The zero-order chi connectivity index (χ0) is 23.8. The van der Waals surface area contributed by atoms with Crippen molar-refractivity contribution in [3.63, 3.8) is 0 Å². The SMILES string of the molecule is CCCNC(=O)[C@@H]1[C@H]2C(=O)N([C@H](C)CO)C(C(=O)NCCN3CCOCC3)C23CC[C@@]1(C)S3. The molecule has 4 aliphatic rings. The summed E-state index contributed by atoms with van der Waals surface area (Å²) in [7, 11) is 0. The first kappa shape index (κ1) is 24.8. The van der Waals surface area contributed by atoms with E-state index in [1.165, 1.54) is 0 Å². The van der Waals surface area contributed by atoms with Crippen LogP contribution in [0.15, 0.2) is 0 Å². The highest BCUT2D eigenvalue weighted by Crippen LogP contribution is 2.71. The lowest BCUT2D eigenvalue weighted by Gasteiger charge is -2.36. The molecule has 3 N–H and O–H groups in total. The van der Waals surface area contributed by atoms with Crippen molar-refractivity contribution in [2.75, 3.05) is 52.5 Å². The van der Waals surface area contributed by atoms with E-state index in [-0.39, 0.29) is 29.1 Å². The van der Waals surface area contributed by atoms with Crippen molar-refractivity contribution in [3.05, 3.63) is 0 Å². The molecule has 33 heavy (non-hydrogen) atoms. The minimum Gasteiger partial charge on any atom is -0.394 e. The maximum Gasteiger partial charge on any atom is 0.244 e. The Bertz CT molecular complexity index is 778. The summed E-state index contributed by atoms with van der Waals surface area (Å²) in [6.45, 7) is 10.5.